The summed E-state index contributed by atoms with van der Waals surface area (Å²) in [5, 5.41) is 7.41. The molecule has 0 aliphatic heterocycles. The summed E-state index contributed by atoms with van der Waals surface area (Å²) in [6.45, 7) is 0.247. The summed E-state index contributed by atoms with van der Waals surface area (Å²) in [5.41, 5.74) is 0.406. The first-order valence-corrected chi connectivity index (χ1v) is 7.30. The molecule has 1 rings (SSSR count). The molecule has 1 aromatic rings. The van der Waals surface area contributed by atoms with Crippen LogP contribution in [0.15, 0.2) is 22.9 Å². The Bertz CT molecular complexity index is 504. The van der Waals surface area contributed by atoms with E-state index >= 15 is 0 Å². The zero-order valence-electron chi connectivity index (χ0n) is 8.89. The fraction of sp³-hybridized carbons (Fsp3) is 0.333. The van der Waals surface area contributed by atoms with Crippen LogP contribution in [0, 0.1) is 0 Å². The fourth-order valence-electron chi connectivity index (χ4n) is 1.13. The number of amides is 1. The number of nitrogens with zero attached hydrogens (tertiary/aromatic N) is 1. The monoisotopic (exact) mass is 321 g/mol. The third-order valence-corrected chi connectivity index (χ3v) is 3.38. The molecule has 94 valence electrons. The highest BCUT2D eigenvalue weighted by atomic mass is 79.9. The Hall–Kier alpha value is -0.990. The van der Waals surface area contributed by atoms with Gasteiger partial charge in [0.15, 0.2) is 0 Å². The van der Waals surface area contributed by atoms with Crippen LogP contribution in [0.5, 0.6) is 0 Å². The van der Waals surface area contributed by atoms with Crippen molar-refractivity contribution in [2.45, 2.75) is 6.42 Å². The van der Waals surface area contributed by atoms with Crippen molar-refractivity contribution in [1.29, 1.82) is 0 Å². The number of rotatable bonds is 5. The van der Waals surface area contributed by atoms with E-state index in [1.54, 1.807) is 18.3 Å². The molecule has 0 bridgehead atoms. The van der Waals surface area contributed by atoms with E-state index in [0.29, 0.717) is 10.2 Å². The van der Waals surface area contributed by atoms with Gasteiger partial charge in [0.1, 0.15) is 4.60 Å². The molecule has 0 radical (unpaired) electrons. The SMILES string of the molecule is NS(=O)(=O)CCCNC(=O)c1cccnc1Br. The summed E-state index contributed by atoms with van der Waals surface area (Å²) in [6, 6.07) is 3.26. The number of aromatic nitrogens is 1. The number of pyridine rings is 1. The molecule has 0 saturated carbocycles. The Labute approximate surface area is 108 Å². The van der Waals surface area contributed by atoms with Crippen LogP contribution in [0.25, 0.3) is 0 Å². The molecule has 1 heterocycles. The third-order valence-electron chi connectivity index (χ3n) is 1.89. The number of carbonyl (C=O) groups excluding carboxylic acids is 1. The average molecular weight is 322 g/mol. The minimum atomic E-state index is -3.47. The molecule has 1 aromatic heterocycles. The van der Waals surface area contributed by atoms with Gasteiger partial charge in [-0.1, -0.05) is 0 Å². The second-order valence-electron chi connectivity index (χ2n) is 3.32. The summed E-state index contributed by atoms with van der Waals surface area (Å²) in [6.07, 6.45) is 1.84. The van der Waals surface area contributed by atoms with E-state index < -0.39 is 10.0 Å². The minimum Gasteiger partial charge on any atom is -0.352 e. The zero-order chi connectivity index (χ0) is 12.9. The van der Waals surface area contributed by atoms with Crippen molar-refractivity contribution in [1.82, 2.24) is 10.3 Å². The lowest BCUT2D eigenvalue weighted by Crippen LogP contribution is -2.27. The summed E-state index contributed by atoms with van der Waals surface area (Å²) in [4.78, 5) is 15.5. The largest absolute Gasteiger partial charge is 0.352 e. The third kappa shape index (κ3) is 5.24. The second kappa shape index (κ2) is 6.08. The number of sulfonamides is 1. The topological polar surface area (TPSA) is 102 Å². The van der Waals surface area contributed by atoms with Crippen LogP contribution in [0.3, 0.4) is 0 Å². The molecular weight excluding hydrogens is 310 g/mol. The first-order chi connectivity index (χ1) is 7.90. The Morgan fingerprint density at radius 3 is 2.82 bits per heavy atom. The lowest BCUT2D eigenvalue weighted by molar-refractivity contribution is 0.0952. The van der Waals surface area contributed by atoms with Gasteiger partial charge in [-0.05, 0) is 34.5 Å². The predicted molar refractivity (Wildman–Crippen MR) is 66.9 cm³/mol. The lowest BCUT2D eigenvalue weighted by atomic mass is 10.2. The van der Waals surface area contributed by atoms with E-state index in [1.165, 1.54) is 0 Å². The van der Waals surface area contributed by atoms with Crippen molar-refractivity contribution in [3.63, 3.8) is 0 Å². The van der Waals surface area contributed by atoms with E-state index in [4.69, 9.17) is 5.14 Å². The van der Waals surface area contributed by atoms with Crippen molar-refractivity contribution in [3.8, 4) is 0 Å². The molecule has 8 heteroatoms. The highest BCUT2D eigenvalue weighted by molar-refractivity contribution is 9.10. The van der Waals surface area contributed by atoms with Gasteiger partial charge in [0, 0.05) is 12.7 Å². The van der Waals surface area contributed by atoms with Crippen molar-refractivity contribution >= 4 is 31.9 Å². The van der Waals surface area contributed by atoms with Gasteiger partial charge in [-0.25, -0.2) is 18.5 Å². The molecule has 0 saturated heterocycles. The van der Waals surface area contributed by atoms with E-state index in [9.17, 15) is 13.2 Å². The highest BCUT2D eigenvalue weighted by Gasteiger charge is 2.09. The van der Waals surface area contributed by atoms with Crippen LogP contribution in [-0.2, 0) is 10.0 Å². The second-order valence-corrected chi connectivity index (χ2v) is 5.80. The molecule has 0 spiro atoms. The van der Waals surface area contributed by atoms with Crippen LogP contribution >= 0.6 is 15.9 Å². The fourth-order valence-corrected chi connectivity index (χ4v) is 2.10. The van der Waals surface area contributed by atoms with Crippen LogP contribution in [-0.4, -0.2) is 31.6 Å². The maximum absolute atomic E-state index is 11.6. The molecule has 0 fully saturated rings. The number of nitrogens with one attached hydrogen (secondary N) is 1. The summed E-state index contributed by atoms with van der Waals surface area (Å²) in [5.74, 6) is -0.457. The van der Waals surface area contributed by atoms with Crippen molar-refractivity contribution in [2.24, 2.45) is 5.14 Å². The van der Waals surface area contributed by atoms with Gasteiger partial charge < -0.3 is 5.32 Å². The van der Waals surface area contributed by atoms with Crippen LogP contribution in [0.1, 0.15) is 16.8 Å². The van der Waals surface area contributed by atoms with E-state index in [-0.39, 0.29) is 24.6 Å². The highest BCUT2D eigenvalue weighted by Crippen LogP contribution is 2.11. The quantitative estimate of drug-likeness (QED) is 0.599. The molecule has 6 nitrogen and oxygen atoms in total. The molecule has 0 aliphatic carbocycles. The molecule has 0 aliphatic rings. The van der Waals surface area contributed by atoms with Gasteiger partial charge >= 0.3 is 0 Å². The Kier molecular flexibility index (Phi) is 5.03. The number of hydrogen-bond donors (Lipinski definition) is 2. The van der Waals surface area contributed by atoms with Gasteiger partial charge in [-0.15, -0.1) is 0 Å². The molecule has 0 atom stereocenters. The van der Waals surface area contributed by atoms with Gasteiger partial charge in [0.2, 0.25) is 10.0 Å². The molecule has 3 N–H and O–H groups in total. The van der Waals surface area contributed by atoms with E-state index in [0.717, 1.165) is 0 Å². The summed E-state index contributed by atoms with van der Waals surface area (Å²) >= 11 is 3.15. The number of hydrogen-bond acceptors (Lipinski definition) is 4. The Morgan fingerprint density at radius 1 is 1.53 bits per heavy atom. The van der Waals surface area contributed by atoms with Crippen molar-refractivity contribution in [2.75, 3.05) is 12.3 Å². The molecular formula is C9H12BrN3O3S. The first kappa shape index (κ1) is 14.1. The predicted octanol–water partition coefficient (Wildman–Crippen LogP) is 0.253. The van der Waals surface area contributed by atoms with Gasteiger partial charge in [0.25, 0.3) is 5.91 Å². The van der Waals surface area contributed by atoms with E-state index in [2.05, 4.69) is 26.2 Å². The van der Waals surface area contributed by atoms with Crippen LogP contribution in [0.2, 0.25) is 0 Å². The molecule has 0 aromatic carbocycles. The van der Waals surface area contributed by atoms with Gasteiger partial charge in [0.05, 0.1) is 11.3 Å². The maximum Gasteiger partial charge on any atom is 0.254 e. The van der Waals surface area contributed by atoms with E-state index in [1.807, 2.05) is 0 Å². The molecule has 17 heavy (non-hydrogen) atoms. The van der Waals surface area contributed by atoms with Gasteiger partial charge in [-0.3, -0.25) is 4.79 Å². The van der Waals surface area contributed by atoms with Crippen LogP contribution < -0.4 is 10.5 Å². The lowest BCUT2D eigenvalue weighted by Gasteiger charge is -2.05. The normalized spacial score (nSPS) is 11.2. The minimum absolute atomic E-state index is 0.151. The summed E-state index contributed by atoms with van der Waals surface area (Å²) in [7, 11) is -3.47. The summed E-state index contributed by atoms with van der Waals surface area (Å²) < 4.78 is 21.7. The maximum atomic E-state index is 11.6. The number of nitrogens with two attached hydrogens (primary N) is 1. The smallest absolute Gasteiger partial charge is 0.254 e. The number of carbonyl (C=O) groups is 1. The Morgan fingerprint density at radius 2 is 2.24 bits per heavy atom. The first-order valence-electron chi connectivity index (χ1n) is 4.79. The van der Waals surface area contributed by atoms with Crippen LogP contribution in [0.4, 0.5) is 0 Å². The number of primary sulfonamides is 1. The number of halogens is 1. The van der Waals surface area contributed by atoms with Gasteiger partial charge in [-0.2, -0.15) is 0 Å². The van der Waals surface area contributed by atoms with Crippen molar-refractivity contribution in [3.05, 3.63) is 28.5 Å². The standard InChI is InChI=1S/C9H12BrN3O3S/c10-8-7(3-1-4-12-8)9(14)13-5-2-6-17(11,15)16/h1,3-4H,2,5-6H2,(H,13,14)(H2,11,15,16). The molecule has 1 amide bonds. The molecule has 0 unspecified atom stereocenters. The zero-order valence-corrected chi connectivity index (χ0v) is 11.3. The average Bonchev–Trinajstić information content (AvgIpc) is 2.23. The Balaban J connectivity index is 2.44. The van der Waals surface area contributed by atoms with Crippen molar-refractivity contribution < 1.29 is 13.2 Å².